The second-order valence-electron chi connectivity index (χ2n) is 7.40. The van der Waals surface area contributed by atoms with Crippen molar-refractivity contribution in [2.75, 3.05) is 23.3 Å². The van der Waals surface area contributed by atoms with Gasteiger partial charge in [-0.05, 0) is 36.4 Å². The number of aromatic nitrogens is 2. The van der Waals surface area contributed by atoms with Crippen molar-refractivity contribution in [3.05, 3.63) is 66.6 Å². The van der Waals surface area contributed by atoms with E-state index in [0.717, 1.165) is 12.1 Å². The van der Waals surface area contributed by atoms with E-state index in [4.69, 9.17) is 0 Å². The summed E-state index contributed by atoms with van der Waals surface area (Å²) in [5, 5.41) is 22.4. The van der Waals surface area contributed by atoms with E-state index in [2.05, 4.69) is 20.0 Å². The highest BCUT2D eigenvalue weighted by Crippen LogP contribution is 2.32. The van der Waals surface area contributed by atoms with Crippen LogP contribution in [0.15, 0.2) is 61.1 Å². The van der Waals surface area contributed by atoms with Crippen LogP contribution in [0.25, 0.3) is 11.1 Å². The van der Waals surface area contributed by atoms with Gasteiger partial charge in [-0.15, -0.1) is 13.2 Å². The summed E-state index contributed by atoms with van der Waals surface area (Å²) in [6.07, 6.45) is -2.08. The minimum absolute atomic E-state index is 0.180. The monoisotopic (exact) mass is 460 g/mol. The number of amides is 1. The number of nitrogens with one attached hydrogen (secondary N) is 1. The maximum absolute atomic E-state index is 12.8. The van der Waals surface area contributed by atoms with Crippen molar-refractivity contribution in [2.45, 2.75) is 18.6 Å². The molecule has 0 spiro atoms. The molecule has 1 fully saturated rings. The van der Waals surface area contributed by atoms with Gasteiger partial charge in [0, 0.05) is 48.5 Å². The first-order valence-corrected chi connectivity index (χ1v) is 9.88. The summed E-state index contributed by atoms with van der Waals surface area (Å²) >= 11 is 0. The van der Waals surface area contributed by atoms with Crippen LogP contribution in [0.2, 0.25) is 0 Å². The number of carbonyl (C=O) groups excluding carboxylic acids is 1. The highest BCUT2D eigenvalue weighted by Gasteiger charge is 2.32. The predicted octanol–water partition coefficient (Wildman–Crippen LogP) is 2.84. The molecule has 1 amide bonds. The molecule has 2 atom stereocenters. The summed E-state index contributed by atoms with van der Waals surface area (Å²) in [6, 6.07) is 9.88. The predicted molar refractivity (Wildman–Crippen MR) is 113 cm³/mol. The van der Waals surface area contributed by atoms with Gasteiger partial charge in [0.05, 0.1) is 17.8 Å². The molecule has 1 saturated heterocycles. The summed E-state index contributed by atoms with van der Waals surface area (Å²) in [7, 11) is 0. The van der Waals surface area contributed by atoms with Crippen LogP contribution in [-0.4, -0.2) is 57.7 Å². The molecule has 3 N–H and O–H groups in total. The number of halogens is 3. The molecule has 4 rings (SSSR count). The summed E-state index contributed by atoms with van der Waals surface area (Å²) in [4.78, 5) is 23.0. The number of aliphatic hydroxyl groups is 2. The number of ether oxygens (including phenoxy) is 1. The third-order valence-corrected chi connectivity index (χ3v) is 5.01. The fourth-order valence-electron chi connectivity index (χ4n) is 3.45. The Bertz CT molecular complexity index is 1120. The largest absolute Gasteiger partial charge is 0.573 e. The van der Waals surface area contributed by atoms with Gasteiger partial charge >= 0.3 is 6.36 Å². The maximum atomic E-state index is 12.8. The number of hydrogen-bond acceptors (Lipinski definition) is 7. The number of nitrogens with zero attached hydrogens (tertiary/aromatic N) is 3. The number of β-amino-alcohol motifs (C(OH)–C–C–N with tert-alkyl or cyclic N) is 2. The fourth-order valence-corrected chi connectivity index (χ4v) is 3.45. The van der Waals surface area contributed by atoms with Crippen LogP contribution in [0.4, 0.5) is 24.7 Å². The number of pyridine rings is 2. The van der Waals surface area contributed by atoms with E-state index < -0.39 is 30.2 Å². The normalized spacial score (nSPS) is 18.3. The molecular formula is C22H19F3N4O4. The molecule has 172 valence electrons. The molecule has 3 aromatic rings. The van der Waals surface area contributed by atoms with Gasteiger partial charge in [-0.1, -0.05) is 6.07 Å². The van der Waals surface area contributed by atoms with Crippen LogP contribution in [0.5, 0.6) is 5.75 Å². The van der Waals surface area contributed by atoms with Gasteiger partial charge in [-0.25, -0.2) is 4.98 Å². The average molecular weight is 460 g/mol. The zero-order chi connectivity index (χ0) is 23.6. The van der Waals surface area contributed by atoms with Crippen LogP contribution in [0.3, 0.4) is 0 Å². The highest BCUT2D eigenvalue weighted by molar-refractivity contribution is 6.05. The van der Waals surface area contributed by atoms with Crippen molar-refractivity contribution >= 4 is 17.4 Å². The number of carbonyl (C=O) groups is 1. The lowest BCUT2D eigenvalue weighted by atomic mass is 10.1. The van der Waals surface area contributed by atoms with E-state index in [0.29, 0.717) is 16.9 Å². The third kappa shape index (κ3) is 5.38. The van der Waals surface area contributed by atoms with Crippen LogP contribution in [0.1, 0.15) is 10.4 Å². The number of alkyl halides is 3. The second kappa shape index (κ2) is 9.04. The molecule has 8 nitrogen and oxygen atoms in total. The highest BCUT2D eigenvalue weighted by atomic mass is 19.4. The third-order valence-electron chi connectivity index (χ3n) is 5.01. The molecule has 0 aliphatic carbocycles. The van der Waals surface area contributed by atoms with Gasteiger partial charge in [0.15, 0.2) is 0 Å². The molecule has 11 heteroatoms. The smallest absolute Gasteiger partial charge is 0.406 e. The van der Waals surface area contributed by atoms with E-state index in [9.17, 15) is 28.2 Å². The fraction of sp³-hybridized carbons (Fsp3) is 0.227. The van der Waals surface area contributed by atoms with Crippen molar-refractivity contribution in [3.63, 3.8) is 0 Å². The van der Waals surface area contributed by atoms with Gasteiger partial charge < -0.3 is 25.2 Å². The molecule has 1 aromatic carbocycles. The molecule has 0 radical (unpaired) electrons. The Kier molecular flexibility index (Phi) is 6.16. The van der Waals surface area contributed by atoms with Gasteiger partial charge in [0.2, 0.25) is 0 Å². The Morgan fingerprint density at radius 2 is 1.79 bits per heavy atom. The summed E-state index contributed by atoms with van der Waals surface area (Å²) in [5.74, 6) is -0.450. The van der Waals surface area contributed by atoms with E-state index in [1.54, 1.807) is 35.5 Å². The SMILES string of the molecule is O=C(Nc1ccc(OC(F)(F)F)cc1)c1cnc(N2CC(O)C(O)C2)c(-c2cccnc2)c1. The number of anilines is 2. The van der Waals surface area contributed by atoms with E-state index >= 15 is 0 Å². The first kappa shape index (κ1) is 22.5. The summed E-state index contributed by atoms with van der Waals surface area (Å²) in [5.41, 5.74) is 1.73. The van der Waals surface area contributed by atoms with Gasteiger partial charge in [-0.2, -0.15) is 0 Å². The molecule has 0 bridgehead atoms. The van der Waals surface area contributed by atoms with Crippen LogP contribution < -0.4 is 15.0 Å². The lowest BCUT2D eigenvalue weighted by molar-refractivity contribution is -0.274. The second-order valence-corrected chi connectivity index (χ2v) is 7.40. The van der Waals surface area contributed by atoms with E-state index in [-0.39, 0.29) is 24.3 Å². The zero-order valence-electron chi connectivity index (χ0n) is 17.0. The van der Waals surface area contributed by atoms with Crippen LogP contribution in [-0.2, 0) is 0 Å². The Morgan fingerprint density at radius 1 is 1.09 bits per heavy atom. The Morgan fingerprint density at radius 3 is 2.39 bits per heavy atom. The standard InChI is InChI=1S/C22H19F3N4O4/c23-22(24,25)33-16-5-3-15(4-6-16)28-21(32)14-8-17(13-2-1-7-26-9-13)20(27-10-14)29-11-18(30)19(31)12-29/h1-10,18-19,30-31H,11-12H2,(H,28,32). The minimum atomic E-state index is -4.80. The van der Waals surface area contributed by atoms with Crippen LogP contribution in [0, 0.1) is 0 Å². The topological polar surface area (TPSA) is 108 Å². The van der Waals surface area contributed by atoms with Crippen molar-refractivity contribution < 1.29 is 32.9 Å². The maximum Gasteiger partial charge on any atom is 0.573 e. The number of hydrogen-bond donors (Lipinski definition) is 3. The summed E-state index contributed by atoms with van der Waals surface area (Å²) < 4.78 is 40.7. The molecule has 2 aromatic heterocycles. The molecule has 1 aliphatic rings. The first-order chi connectivity index (χ1) is 15.7. The minimum Gasteiger partial charge on any atom is -0.406 e. The Labute approximate surface area is 186 Å². The van der Waals surface area contributed by atoms with Crippen molar-refractivity contribution in [2.24, 2.45) is 0 Å². The van der Waals surface area contributed by atoms with E-state index in [1.807, 2.05) is 0 Å². The molecule has 33 heavy (non-hydrogen) atoms. The Balaban J connectivity index is 1.58. The van der Waals surface area contributed by atoms with Crippen molar-refractivity contribution in [1.82, 2.24) is 9.97 Å². The van der Waals surface area contributed by atoms with E-state index in [1.165, 1.54) is 18.3 Å². The molecule has 3 heterocycles. The molecule has 2 unspecified atom stereocenters. The van der Waals surface area contributed by atoms with Crippen molar-refractivity contribution in [1.29, 1.82) is 0 Å². The van der Waals surface area contributed by atoms with Gasteiger partial charge in [0.1, 0.15) is 11.6 Å². The average Bonchev–Trinajstić information content (AvgIpc) is 3.12. The van der Waals surface area contributed by atoms with Gasteiger partial charge in [0.25, 0.3) is 5.91 Å². The van der Waals surface area contributed by atoms with Crippen molar-refractivity contribution in [3.8, 4) is 16.9 Å². The quantitative estimate of drug-likeness (QED) is 0.538. The van der Waals surface area contributed by atoms with Gasteiger partial charge in [-0.3, -0.25) is 9.78 Å². The number of aliphatic hydroxyl groups excluding tert-OH is 2. The van der Waals surface area contributed by atoms with Crippen LogP contribution >= 0.6 is 0 Å². The Hall–Kier alpha value is -3.70. The lowest BCUT2D eigenvalue weighted by Gasteiger charge is -2.21. The number of rotatable bonds is 5. The molecular weight excluding hydrogens is 441 g/mol. The lowest BCUT2D eigenvalue weighted by Crippen LogP contribution is -2.23. The zero-order valence-corrected chi connectivity index (χ0v) is 17.0. The first-order valence-electron chi connectivity index (χ1n) is 9.88. The summed E-state index contributed by atoms with van der Waals surface area (Å²) in [6.45, 7) is 0.360. The number of benzene rings is 1. The molecule has 1 aliphatic heterocycles. The molecule has 0 saturated carbocycles.